The second-order valence-corrected chi connectivity index (χ2v) is 3.48. The van der Waals surface area contributed by atoms with E-state index in [0.717, 1.165) is 0 Å². The molecule has 0 aromatic rings. The van der Waals surface area contributed by atoms with Crippen LogP contribution in [-0.2, 0) is 0 Å². The number of halogens is 7. The van der Waals surface area contributed by atoms with Crippen molar-refractivity contribution in [3.63, 3.8) is 0 Å². The highest BCUT2D eigenvalue weighted by molar-refractivity contribution is 4.91. The molecule has 1 unspecified atom stereocenters. The Bertz CT molecular complexity index is 223. The quantitative estimate of drug-likeness (QED) is 0.749. The topological polar surface area (TPSA) is 26.0 Å². The van der Waals surface area contributed by atoms with E-state index in [-0.39, 0.29) is 6.42 Å². The highest BCUT2D eigenvalue weighted by Gasteiger charge is 2.72. The summed E-state index contributed by atoms with van der Waals surface area (Å²) in [4.78, 5) is 0. The van der Waals surface area contributed by atoms with Gasteiger partial charge in [0.25, 0.3) is 0 Å². The third kappa shape index (κ3) is 3.23. The van der Waals surface area contributed by atoms with Crippen LogP contribution in [0, 0.1) is 0 Å². The average molecular weight is 255 g/mol. The smallest absolute Gasteiger partial charge is 0.328 e. The predicted octanol–water partition coefficient (Wildman–Crippen LogP) is 3.34. The number of nitrogens with two attached hydrogens (primary N) is 1. The first-order valence-electron chi connectivity index (χ1n) is 4.53. The summed E-state index contributed by atoms with van der Waals surface area (Å²) in [6.45, 7) is 1.52. The molecular weight excluding hydrogens is 243 g/mol. The van der Waals surface area contributed by atoms with Gasteiger partial charge in [0.15, 0.2) is 0 Å². The number of hydrogen-bond donors (Lipinski definition) is 1. The minimum absolute atomic E-state index is 0.230. The van der Waals surface area contributed by atoms with E-state index in [9.17, 15) is 30.7 Å². The van der Waals surface area contributed by atoms with Crippen molar-refractivity contribution in [1.29, 1.82) is 0 Å². The van der Waals surface area contributed by atoms with Gasteiger partial charge in [0.1, 0.15) is 0 Å². The Labute approximate surface area is 87.8 Å². The maximum Gasteiger partial charge on any atom is 0.459 e. The molecule has 0 aromatic carbocycles. The predicted molar refractivity (Wildman–Crippen MR) is 43.4 cm³/mol. The molecule has 0 aliphatic rings. The van der Waals surface area contributed by atoms with Crippen molar-refractivity contribution in [2.24, 2.45) is 5.73 Å². The number of rotatable bonds is 5. The maximum absolute atomic E-state index is 12.7. The van der Waals surface area contributed by atoms with Crippen molar-refractivity contribution in [3.8, 4) is 0 Å². The largest absolute Gasteiger partial charge is 0.459 e. The molecule has 0 aliphatic carbocycles. The van der Waals surface area contributed by atoms with Crippen molar-refractivity contribution in [2.75, 3.05) is 0 Å². The van der Waals surface area contributed by atoms with Crippen LogP contribution < -0.4 is 5.73 Å². The maximum atomic E-state index is 12.7. The Balaban J connectivity index is 4.65. The fourth-order valence-corrected chi connectivity index (χ4v) is 0.935. The van der Waals surface area contributed by atoms with Gasteiger partial charge in [-0.3, -0.25) is 0 Å². The monoisotopic (exact) mass is 255 g/mol. The molecule has 0 bridgehead atoms. The summed E-state index contributed by atoms with van der Waals surface area (Å²) in [5, 5.41) is 0. The lowest BCUT2D eigenvalue weighted by atomic mass is 10.0. The van der Waals surface area contributed by atoms with Gasteiger partial charge < -0.3 is 5.73 Å². The van der Waals surface area contributed by atoms with Gasteiger partial charge in [0.2, 0.25) is 0 Å². The van der Waals surface area contributed by atoms with Gasteiger partial charge in [-0.15, -0.1) is 0 Å². The van der Waals surface area contributed by atoms with Crippen molar-refractivity contribution < 1.29 is 30.7 Å². The first-order chi connectivity index (χ1) is 6.95. The standard InChI is InChI=1S/C8H12F7N/c1-2-5(16)3-4-6(9,10)7(11,12)8(13,14)15/h5H,2-4,16H2,1H3. The van der Waals surface area contributed by atoms with Crippen LogP contribution in [0.3, 0.4) is 0 Å². The van der Waals surface area contributed by atoms with Crippen molar-refractivity contribution >= 4 is 0 Å². The average Bonchev–Trinajstić information content (AvgIpc) is 2.12. The fraction of sp³-hybridized carbons (Fsp3) is 1.00. The molecule has 0 fully saturated rings. The van der Waals surface area contributed by atoms with E-state index in [4.69, 9.17) is 5.73 Å². The molecule has 0 saturated heterocycles. The van der Waals surface area contributed by atoms with Crippen molar-refractivity contribution in [3.05, 3.63) is 0 Å². The molecule has 16 heavy (non-hydrogen) atoms. The summed E-state index contributed by atoms with van der Waals surface area (Å²) in [6, 6.07) is -0.810. The molecular formula is C8H12F7N. The number of alkyl halides is 7. The highest BCUT2D eigenvalue weighted by Crippen LogP contribution is 2.48. The molecule has 1 atom stereocenters. The van der Waals surface area contributed by atoms with E-state index in [0.29, 0.717) is 0 Å². The molecule has 0 rings (SSSR count). The second-order valence-electron chi connectivity index (χ2n) is 3.48. The summed E-state index contributed by atoms with van der Waals surface area (Å²) in [7, 11) is 0. The summed E-state index contributed by atoms with van der Waals surface area (Å²) in [5.74, 6) is -11.1. The van der Waals surface area contributed by atoms with Crippen LogP contribution in [0.15, 0.2) is 0 Å². The van der Waals surface area contributed by atoms with Gasteiger partial charge >= 0.3 is 18.0 Å². The molecule has 0 saturated carbocycles. The van der Waals surface area contributed by atoms with Crippen LogP contribution in [0.25, 0.3) is 0 Å². The van der Waals surface area contributed by atoms with E-state index in [2.05, 4.69) is 0 Å². The van der Waals surface area contributed by atoms with Gasteiger partial charge in [0.05, 0.1) is 0 Å². The van der Waals surface area contributed by atoms with E-state index < -0.39 is 36.9 Å². The zero-order valence-electron chi connectivity index (χ0n) is 8.42. The Morgan fingerprint density at radius 1 is 1.00 bits per heavy atom. The first kappa shape index (κ1) is 15.5. The summed E-state index contributed by atoms with van der Waals surface area (Å²) in [6.07, 6.45) is -8.20. The fourth-order valence-electron chi connectivity index (χ4n) is 0.935. The molecule has 0 heterocycles. The zero-order valence-corrected chi connectivity index (χ0v) is 8.42. The van der Waals surface area contributed by atoms with E-state index in [1.807, 2.05) is 0 Å². The Morgan fingerprint density at radius 2 is 1.44 bits per heavy atom. The third-order valence-electron chi connectivity index (χ3n) is 2.17. The van der Waals surface area contributed by atoms with E-state index >= 15 is 0 Å². The number of hydrogen-bond acceptors (Lipinski definition) is 1. The molecule has 0 spiro atoms. The van der Waals surface area contributed by atoms with Gasteiger partial charge in [-0.1, -0.05) is 6.92 Å². The lowest BCUT2D eigenvalue weighted by molar-refractivity contribution is -0.355. The Morgan fingerprint density at radius 3 is 1.75 bits per heavy atom. The van der Waals surface area contributed by atoms with Gasteiger partial charge in [-0.05, 0) is 12.8 Å². The molecule has 0 aliphatic heterocycles. The molecule has 2 N–H and O–H groups in total. The minimum Gasteiger partial charge on any atom is -0.328 e. The summed E-state index contributed by atoms with van der Waals surface area (Å²) in [5.41, 5.74) is 5.17. The van der Waals surface area contributed by atoms with Gasteiger partial charge in [0, 0.05) is 12.5 Å². The van der Waals surface area contributed by atoms with Crippen LogP contribution in [0.2, 0.25) is 0 Å². The van der Waals surface area contributed by atoms with E-state index in [1.54, 1.807) is 0 Å². The van der Waals surface area contributed by atoms with Crippen LogP contribution in [0.5, 0.6) is 0 Å². The third-order valence-corrected chi connectivity index (χ3v) is 2.17. The molecule has 0 radical (unpaired) electrons. The van der Waals surface area contributed by atoms with Crippen molar-refractivity contribution in [2.45, 2.75) is 50.2 Å². The minimum atomic E-state index is -6.26. The lowest BCUT2D eigenvalue weighted by Crippen LogP contribution is -2.52. The van der Waals surface area contributed by atoms with Crippen molar-refractivity contribution in [1.82, 2.24) is 0 Å². The molecule has 8 heteroatoms. The Kier molecular flexibility index (Phi) is 4.61. The summed E-state index contributed by atoms with van der Waals surface area (Å²) < 4.78 is 85.1. The van der Waals surface area contributed by atoms with Gasteiger partial charge in [-0.25, -0.2) is 0 Å². The molecule has 98 valence electrons. The lowest BCUT2D eigenvalue weighted by Gasteiger charge is -2.28. The van der Waals surface area contributed by atoms with Crippen LogP contribution in [0.4, 0.5) is 30.7 Å². The molecule has 0 aromatic heterocycles. The normalized spacial score (nSPS) is 16.3. The van der Waals surface area contributed by atoms with Crippen LogP contribution in [0.1, 0.15) is 26.2 Å². The summed E-state index contributed by atoms with van der Waals surface area (Å²) >= 11 is 0. The Hall–Kier alpha value is -0.530. The molecule has 0 amide bonds. The highest BCUT2D eigenvalue weighted by atomic mass is 19.4. The first-order valence-corrected chi connectivity index (χ1v) is 4.53. The van der Waals surface area contributed by atoms with Crippen LogP contribution in [-0.4, -0.2) is 24.1 Å². The zero-order chi connectivity index (χ0) is 13.2. The second kappa shape index (κ2) is 4.77. The SMILES string of the molecule is CCC(N)CCC(F)(F)C(F)(F)C(F)(F)F. The van der Waals surface area contributed by atoms with Crippen LogP contribution >= 0.6 is 0 Å². The molecule has 1 nitrogen and oxygen atoms in total. The van der Waals surface area contributed by atoms with E-state index in [1.165, 1.54) is 6.92 Å². The van der Waals surface area contributed by atoms with Gasteiger partial charge in [-0.2, -0.15) is 30.7 Å².